The van der Waals surface area contributed by atoms with Crippen molar-refractivity contribution in [3.63, 3.8) is 0 Å². The number of halogens is 3. The van der Waals surface area contributed by atoms with Gasteiger partial charge in [0.1, 0.15) is 5.75 Å². The van der Waals surface area contributed by atoms with E-state index < -0.39 is 11.7 Å². The number of hydrogen-bond acceptors (Lipinski definition) is 4. The number of H-pyrrole nitrogens is 1. The minimum Gasteiger partial charge on any atom is -0.493 e. The summed E-state index contributed by atoms with van der Waals surface area (Å²) in [4.78, 5) is 2.43. The summed E-state index contributed by atoms with van der Waals surface area (Å²) < 4.78 is 45.3. The van der Waals surface area contributed by atoms with E-state index in [0.29, 0.717) is 24.7 Å². The number of likely N-dealkylation sites (tertiary alicyclic amines) is 1. The monoisotopic (exact) mass is 433 g/mol. The molecule has 0 saturated carbocycles. The van der Waals surface area contributed by atoms with E-state index in [1.165, 1.54) is 23.4 Å². The molecule has 1 N–H and O–H groups in total. The number of hydrogen-bond donors (Lipinski definition) is 1. The van der Waals surface area contributed by atoms with Crippen molar-refractivity contribution in [1.82, 2.24) is 24.9 Å². The minimum absolute atomic E-state index is 0.365. The molecule has 1 saturated heterocycles. The molecule has 2 aromatic heterocycles. The number of ether oxygens (including phenoxy) is 1. The molecule has 166 valence electrons. The van der Waals surface area contributed by atoms with Crippen molar-refractivity contribution >= 4 is 0 Å². The van der Waals surface area contributed by atoms with E-state index >= 15 is 0 Å². The van der Waals surface area contributed by atoms with E-state index in [1.807, 2.05) is 17.9 Å². The fourth-order valence-electron chi connectivity index (χ4n) is 3.89. The van der Waals surface area contributed by atoms with E-state index in [2.05, 4.69) is 33.2 Å². The largest absolute Gasteiger partial charge is 0.493 e. The van der Waals surface area contributed by atoms with E-state index in [4.69, 9.17) is 4.74 Å². The highest BCUT2D eigenvalue weighted by Crippen LogP contribution is 2.30. The fraction of sp³-hybridized carbons (Fsp3) is 0.455. The van der Waals surface area contributed by atoms with E-state index in [0.717, 1.165) is 49.6 Å². The molecule has 3 aromatic rings. The van der Waals surface area contributed by atoms with Crippen LogP contribution >= 0.6 is 0 Å². The standard InChI is InChI=1S/C22H26F3N5O/c1-15-17(12-26-29(15)2)14-30-9-7-16(13-30)21-11-19(27-28-21)8-10-31-20-5-3-18(4-6-20)22(23,24)25/h3-6,11-12,16H,7-10,13-14H2,1-2H3,(H,27,28)/t16-/m1/s1. The number of nitrogens with zero attached hydrogens (tertiary/aromatic N) is 4. The summed E-state index contributed by atoms with van der Waals surface area (Å²) in [7, 11) is 1.96. The minimum atomic E-state index is -4.34. The first-order valence-electron chi connectivity index (χ1n) is 10.3. The van der Waals surface area contributed by atoms with Crippen LogP contribution in [0.4, 0.5) is 13.2 Å². The number of rotatable bonds is 7. The molecule has 6 nitrogen and oxygen atoms in total. The van der Waals surface area contributed by atoms with Crippen LogP contribution in [0.1, 0.15) is 40.5 Å². The van der Waals surface area contributed by atoms with Gasteiger partial charge in [-0.15, -0.1) is 0 Å². The fourth-order valence-corrected chi connectivity index (χ4v) is 3.89. The highest BCUT2D eigenvalue weighted by molar-refractivity contribution is 5.29. The Labute approximate surface area is 179 Å². The van der Waals surface area contributed by atoms with Crippen LogP contribution in [0.5, 0.6) is 5.75 Å². The zero-order valence-corrected chi connectivity index (χ0v) is 17.6. The van der Waals surface area contributed by atoms with Crippen LogP contribution in [0, 0.1) is 6.92 Å². The molecular formula is C22H26F3N5O. The van der Waals surface area contributed by atoms with Gasteiger partial charge in [0.25, 0.3) is 0 Å². The summed E-state index contributed by atoms with van der Waals surface area (Å²) in [6.45, 7) is 5.33. The van der Waals surface area contributed by atoms with Gasteiger partial charge in [0.05, 0.1) is 24.1 Å². The molecule has 4 rings (SSSR count). The summed E-state index contributed by atoms with van der Waals surface area (Å²) in [6, 6.07) is 6.82. The summed E-state index contributed by atoms with van der Waals surface area (Å²) in [5.41, 5.74) is 3.78. The number of nitrogens with one attached hydrogen (secondary N) is 1. The predicted molar refractivity (Wildman–Crippen MR) is 110 cm³/mol. The van der Waals surface area contributed by atoms with Crippen LogP contribution in [-0.4, -0.2) is 44.6 Å². The van der Waals surface area contributed by atoms with Crippen LogP contribution in [0.25, 0.3) is 0 Å². The predicted octanol–water partition coefficient (Wildman–Crippen LogP) is 4.08. The molecule has 1 aliphatic rings. The van der Waals surface area contributed by atoms with Crippen molar-refractivity contribution in [3.05, 3.63) is 64.7 Å². The lowest BCUT2D eigenvalue weighted by atomic mass is 10.0. The number of aromatic amines is 1. The van der Waals surface area contributed by atoms with Crippen molar-refractivity contribution in [3.8, 4) is 5.75 Å². The smallest absolute Gasteiger partial charge is 0.416 e. The molecule has 1 aromatic carbocycles. The molecule has 1 fully saturated rings. The van der Waals surface area contributed by atoms with Crippen molar-refractivity contribution in [2.75, 3.05) is 19.7 Å². The summed E-state index contributed by atoms with van der Waals surface area (Å²) in [5, 5.41) is 11.9. The quantitative estimate of drug-likeness (QED) is 0.610. The average molecular weight is 433 g/mol. The molecule has 1 aliphatic heterocycles. The van der Waals surface area contributed by atoms with Crippen LogP contribution < -0.4 is 4.74 Å². The van der Waals surface area contributed by atoms with Gasteiger partial charge in [-0.25, -0.2) is 0 Å². The summed E-state index contributed by atoms with van der Waals surface area (Å²) >= 11 is 0. The third kappa shape index (κ3) is 5.10. The van der Waals surface area contributed by atoms with Gasteiger partial charge in [0.2, 0.25) is 0 Å². The first-order valence-corrected chi connectivity index (χ1v) is 10.3. The van der Waals surface area contributed by atoms with Gasteiger partial charge in [-0.2, -0.15) is 23.4 Å². The molecule has 3 heterocycles. The zero-order chi connectivity index (χ0) is 22.0. The van der Waals surface area contributed by atoms with E-state index in [9.17, 15) is 13.2 Å². The Morgan fingerprint density at radius 3 is 2.68 bits per heavy atom. The van der Waals surface area contributed by atoms with Crippen molar-refractivity contribution < 1.29 is 17.9 Å². The number of aromatic nitrogens is 4. The van der Waals surface area contributed by atoms with Gasteiger partial charge in [-0.1, -0.05) is 0 Å². The van der Waals surface area contributed by atoms with Crippen molar-refractivity contribution in [2.45, 2.75) is 38.4 Å². The Balaban J connectivity index is 1.25. The Morgan fingerprint density at radius 2 is 2.00 bits per heavy atom. The first kappa shape index (κ1) is 21.4. The molecular weight excluding hydrogens is 407 g/mol. The normalized spacial score (nSPS) is 17.4. The lowest BCUT2D eigenvalue weighted by molar-refractivity contribution is -0.137. The molecule has 0 radical (unpaired) electrons. The maximum atomic E-state index is 12.6. The Kier molecular flexibility index (Phi) is 6.04. The third-order valence-electron chi connectivity index (χ3n) is 5.89. The second-order valence-corrected chi connectivity index (χ2v) is 8.04. The van der Waals surface area contributed by atoms with Crippen molar-refractivity contribution in [1.29, 1.82) is 0 Å². The zero-order valence-electron chi connectivity index (χ0n) is 17.6. The van der Waals surface area contributed by atoms with Crippen LogP contribution in [0.2, 0.25) is 0 Å². The maximum Gasteiger partial charge on any atom is 0.416 e. The molecule has 1 atom stereocenters. The average Bonchev–Trinajstić information content (AvgIpc) is 3.45. The van der Waals surface area contributed by atoms with E-state index in [1.54, 1.807) is 0 Å². The number of alkyl halides is 3. The maximum absolute atomic E-state index is 12.6. The van der Waals surface area contributed by atoms with Gasteiger partial charge >= 0.3 is 6.18 Å². The summed E-state index contributed by atoms with van der Waals surface area (Å²) in [5.74, 6) is 0.808. The highest BCUT2D eigenvalue weighted by atomic mass is 19.4. The van der Waals surface area contributed by atoms with Crippen LogP contribution in [0.3, 0.4) is 0 Å². The van der Waals surface area contributed by atoms with Gasteiger partial charge in [0.15, 0.2) is 0 Å². The molecule has 31 heavy (non-hydrogen) atoms. The SMILES string of the molecule is Cc1c(CN2CC[C@@H](c3cc(CCOc4ccc(C(F)(F)F)cc4)[nH]n3)C2)cnn1C. The lowest BCUT2D eigenvalue weighted by Crippen LogP contribution is -2.20. The van der Waals surface area contributed by atoms with Gasteiger partial charge < -0.3 is 4.74 Å². The highest BCUT2D eigenvalue weighted by Gasteiger charge is 2.30. The lowest BCUT2D eigenvalue weighted by Gasteiger charge is -2.15. The third-order valence-corrected chi connectivity index (χ3v) is 5.89. The second kappa shape index (κ2) is 8.74. The molecule has 0 unspecified atom stereocenters. The molecule has 9 heteroatoms. The van der Waals surface area contributed by atoms with Crippen molar-refractivity contribution in [2.24, 2.45) is 7.05 Å². The van der Waals surface area contributed by atoms with Gasteiger partial charge in [0, 0.05) is 49.4 Å². The Bertz CT molecular complexity index is 1010. The molecule has 0 aliphatic carbocycles. The Morgan fingerprint density at radius 1 is 1.23 bits per heavy atom. The molecule has 0 spiro atoms. The van der Waals surface area contributed by atoms with Crippen LogP contribution in [-0.2, 0) is 26.2 Å². The number of benzene rings is 1. The van der Waals surface area contributed by atoms with E-state index in [-0.39, 0.29) is 0 Å². The molecule has 0 amide bonds. The second-order valence-electron chi connectivity index (χ2n) is 8.04. The molecule has 0 bridgehead atoms. The van der Waals surface area contributed by atoms with Gasteiger partial charge in [-0.3, -0.25) is 14.7 Å². The summed E-state index contributed by atoms with van der Waals surface area (Å²) in [6.07, 6.45) is -0.728. The number of aryl methyl sites for hydroxylation is 1. The first-order chi connectivity index (χ1) is 14.8. The van der Waals surface area contributed by atoms with Crippen LogP contribution in [0.15, 0.2) is 36.5 Å². The van der Waals surface area contributed by atoms with Gasteiger partial charge in [-0.05, 0) is 50.2 Å². The Hall–Kier alpha value is -2.81. The topological polar surface area (TPSA) is 59.0 Å².